The normalized spacial score (nSPS) is 11.4. The van der Waals surface area contributed by atoms with Crippen LogP contribution in [-0.4, -0.2) is 11.7 Å². The summed E-state index contributed by atoms with van der Waals surface area (Å²) in [5.74, 6) is 0. The average molecular weight is 361 g/mol. The Hall–Kier alpha value is -2.24. The second-order valence-corrected chi connectivity index (χ2v) is 10.6. The predicted octanol–water partition coefficient (Wildman–Crippen LogP) is 5.44. The van der Waals surface area contributed by atoms with E-state index in [1.54, 1.807) is 0 Å². The summed E-state index contributed by atoms with van der Waals surface area (Å²) in [6.07, 6.45) is 0.826. The molecule has 0 unspecified atom stereocenters. The molecule has 0 atom stereocenters. The lowest BCUT2D eigenvalue weighted by molar-refractivity contribution is 0.108. The third kappa shape index (κ3) is 3.13. The van der Waals surface area contributed by atoms with Gasteiger partial charge in [-0.3, -0.25) is 0 Å². The molecule has 2 heteroatoms. The number of benzene rings is 3. The van der Waals surface area contributed by atoms with Crippen molar-refractivity contribution in [1.82, 2.24) is 0 Å². The molecule has 0 aromatic heterocycles. The molecular weight excluding hydrogens is 335 g/mol. The summed E-state index contributed by atoms with van der Waals surface area (Å²) in [6.45, 7) is 8.37. The van der Waals surface area contributed by atoms with E-state index in [4.69, 9.17) is 0 Å². The quantitative estimate of drug-likeness (QED) is 0.553. The molecule has 0 aliphatic carbocycles. The van der Waals surface area contributed by atoms with Crippen LogP contribution in [0.3, 0.4) is 0 Å². The Morgan fingerprint density at radius 3 is 1.58 bits per heavy atom. The van der Waals surface area contributed by atoms with Crippen molar-refractivity contribution in [2.24, 2.45) is 0 Å². The molecule has 3 aromatic rings. The van der Waals surface area contributed by atoms with Crippen molar-refractivity contribution in [2.75, 3.05) is 6.16 Å². The van der Waals surface area contributed by atoms with Crippen LogP contribution in [0.15, 0.2) is 72.8 Å². The Bertz CT molecular complexity index is 851. The first-order valence-electron chi connectivity index (χ1n) is 9.12. The van der Waals surface area contributed by atoms with Gasteiger partial charge in [0.15, 0.2) is 7.26 Å². The largest absolute Gasteiger partial charge is 0.308 e. The number of carbonyl (C=O) groups excluding carboxylic acids is 1. The first-order chi connectivity index (χ1) is 12.5. The monoisotopic (exact) mass is 361 g/mol. The first kappa shape index (κ1) is 18.5. The van der Waals surface area contributed by atoms with E-state index in [-0.39, 0.29) is 0 Å². The third-order valence-corrected chi connectivity index (χ3v) is 9.33. The maximum absolute atomic E-state index is 14.1. The fraction of sp³-hybridized carbons (Fsp3) is 0.208. The number of hydrogen-bond acceptors (Lipinski definition) is 1. The molecule has 0 N–H and O–H groups in total. The molecule has 0 fully saturated rings. The second-order valence-electron chi connectivity index (χ2n) is 6.88. The summed E-state index contributed by atoms with van der Waals surface area (Å²) in [6, 6.07) is 25.0. The van der Waals surface area contributed by atoms with Gasteiger partial charge in [0.2, 0.25) is 0 Å². The minimum atomic E-state index is -2.20. The van der Waals surface area contributed by atoms with Crippen LogP contribution in [0.1, 0.15) is 34.0 Å². The van der Waals surface area contributed by atoms with Crippen LogP contribution in [-0.2, 0) is 0 Å². The van der Waals surface area contributed by atoms with Gasteiger partial charge in [0.25, 0.3) is 0 Å². The van der Waals surface area contributed by atoms with E-state index in [0.717, 1.165) is 33.5 Å². The van der Waals surface area contributed by atoms with E-state index in [9.17, 15) is 4.79 Å². The fourth-order valence-corrected chi connectivity index (χ4v) is 7.85. The van der Waals surface area contributed by atoms with Crippen molar-refractivity contribution < 1.29 is 4.79 Å². The zero-order chi connectivity index (χ0) is 18.7. The highest BCUT2D eigenvalue weighted by Crippen LogP contribution is 2.59. The standard InChI is InChI=1S/C24H26OP/c1-5-26(21-12-8-6-9-13-21,22-14-10-7-11-15-22)24(25)23-19(3)16-18(2)17-20(23)4/h6-17H,5H2,1-4H3/q+1. The molecule has 3 rings (SSSR count). The van der Waals surface area contributed by atoms with Gasteiger partial charge < -0.3 is 0 Å². The van der Waals surface area contributed by atoms with Gasteiger partial charge in [-0.1, -0.05) is 54.1 Å². The number of carbonyl (C=O) groups is 1. The van der Waals surface area contributed by atoms with Crippen LogP contribution >= 0.6 is 7.26 Å². The van der Waals surface area contributed by atoms with E-state index < -0.39 is 7.26 Å². The van der Waals surface area contributed by atoms with Gasteiger partial charge in [-0.25, -0.2) is 4.79 Å². The Balaban J connectivity index is 2.30. The average Bonchev–Trinajstić information content (AvgIpc) is 2.64. The molecule has 1 nitrogen and oxygen atoms in total. The van der Waals surface area contributed by atoms with Gasteiger partial charge in [0.05, 0.1) is 11.7 Å². The number of hydrogen-bond donors (Lipinski definition) is 0. The van der Waals surface area contributed by atoms with Crippen molar-refractivity contribution in [3.05, 3.63) is 95.1 Å². The SMILES string of the molecule is CC[P+](C(=O)c1c(C)cc(C)cc1C)(c1ccccc1)c1ccccc1. The maximum Gasteiger partial charge on any atom is 0.308 e. The van der Waals surface area contributed by atoms with E-state index in [1.165, 1.54) is 5.56 Å². The molecule has 0 amide bonds. The van der Waals surface area contributed by atoms with Crippen LogP contribution in [0.2, 0.25) is 0 Å². The highest BCUT2D eigenvalue weighted by atomic mass is 31.2. The van der Waals surface area contributed by atoms with E-state index >= 15 is 0 Å². The lowest BCUT2D eigenvalue weighted by Crippen LogP contribution is -2.31. The summed E-state index contributed by atoms with van der Waals surface area (Å²) >= 11 is 0. The summed E-state index contributed by atoms with van der Waals surface area (Å²) in [7, 11) is -2.20. The lowest BCUT2D eigenvalue weighted by atomic mass is 10.0. The molecular formula is C24H26OP+. The second kappa shape index (κ2) is 7.56. The zero-order valence-corrected chi connectivity index (χ0v) is 16.9. The lowest BCUT2D eigenvalue weighted by Gasteiger charge is -2.25. The number of aryl methyl sites for hydroxylation is 3. The van der Waals surface area contributed by atoms with Crippen molar-refractivity contribution in [3.63, 3.8) is 0 Å². The molecule has 0 heterocycles. The maximum atomic E-state index is 14.1. The van der Waals surface area contributed by atoms with Crippen LogP contribution in [0.25, 0.3) is 0 Å². The topological polar surface area (TPSA) is 17.1 Å². The summed E-state index contributed by atoms with van der Waals surface area (Å²) in [5.41, 5.74) is 4.57. The molecule has 132 valence electrons. The molecule has 0 saturated carbocycles. The van der Waals surface area contributed by atoms with E-state index in [1.807, 2.05) is 36.4 Å². The molecule has 0 bridgehead atoms. The van der Waals surface area contributed by atoms with E-state index in [2.05, 4.69) is 64.1 Å². The van der Waals surface area contributed by atoms with Crippen LogP contribution < -0.4 is 10.6 Å². The Morgan fingerprint density at radius 1 is 0.769 bits per heavy atom. The van der Waals surface area contributed by atoms with Crippen LogP contribution in [0.5, 0.6) is 0 Å². The zero-order valence-electron chi connectivity index (χ0n) is 16.0. The molecule has 26 heavy (non-hydrogen) atoms. The van der Waals surface area contributed by atoms with Crippen LogP contribution in [0.4, 0.5) is 0 Å². The van der Waals surface area contributed by atoms with Gasteiger partial charge in [0, 0.05) is 0 Å². The van der Waals surface area contributed by atoms with Crippen molar-refractivity contribution in [3.8, 4) is 0 Å². The summed E-state index contributed by atoms with van der Waals surface area (Å²) < 4.78 is 0. The third-order valence-electron chi connectivity index (χ3n) is 5.11. The molecule has 0 spiro atoms. The molecule has 0 radical (unpaired) electrons. The van der Waals surface area contributed by atoms with Gasteiger partial charge in [0.1, 0.15) is 10.6 Å². The molecule has 0 aliphatic heterocycles. The smallest absolute Gasteiger partial charge is 0.246 e. The van der Waals surface area contributed by atoms with Gasteiger partial charge in [-0.15, -0.1) is 0 Å². The fourth-order valence-electron chi connectivity index (χ4n) is 3.97. The van der Waals surface area contributed by atoms with Crippen molar-refractivity contribution in [1.29, 1.82) is 0 Å². The van der Waals surface area contributed by atoms with Gasteiger partial charge >= 0.3 is 5.52 Å². The van der Waals surface area contributed by atoms with Gasteiger partial charge in [-0.05, 0) is 63.1 Å². The minimum absolute atomic E-state index is 0.299. The Kier molecular flexibility index (Phi) is 5.39. The highest BCUT2D eigenvalue weighted by molar-refractivity contribution is 8.03. The Morgan fingerprint density at radius 2 is 1.19 bits per heavy atom. The Labute approximate surface area is 157 Å². The van der Waals surface area contributed by atoms with Gasteiger partial charge in [-0.2, -0.15) is 0 Å². The van der Waals surface area contributed by atoms with E-state index in [0.29, 0.717) is 5.52 Å². The summed E-state index contributed by atoms with van der Waals surface area (Å²) in [4.78, 5) is 14.1. The molecule has 0 aliphatic rings. The molecule has 3 aromatic carbocycles. The van der Waals surface area contributed by atoms with Crippen molar-refractivity contribution >= 4 is 23.4 Å². The highest BCUT2D eigenvalue weighted by Gasteiger charge is 2.50. The van der Waals surface area contributed by atoms with Crippen LogP contribution in [0, 0.1) is 20.8 Å². The molecule has 0 saturated heterocycles. The number of rotatable bonds is 5. The first-order valence-corrected chi connectivity index (χ1v) is 11.1. The summed E-state index contributed by atoms with van der Waals surface area (Å²) in [5, 5.41) is 2.33. The predicted molar refractivity (Wildman–Crippen MR) is 115 cm³/mol. The van der Waals surface area contributed by atoms with Crippen molar-refractivity contribution in [2.45, 2.75) is 27.7 Å². The minimum Gasteiger partial charge on any atom is -0.246 e.